The first kappa shape index (κ1) is 11.0. The van der Waals surface area contributed by atoms with Gasteiger partial charge in [0.15, 0.2) is 0 Å². The number of carbonyl (C=O) groups excluding carboxylic acids is 1. The van der Waals surface area contributed by atoms with Crippen LogP contribution in [0.15, 0.2) is 42.5 Å². The van der Waals surface area contributed by atoms with Gasteiger partial charge in [-0.05, 0) is 19.1 Å². The van der Waals surface area contributed by atoms with E-state index in [4.69, 9.17) is 4.74 Å². The maximum absolute atomic E-state index is 12.0. The average Bonchev–Trinajstić information content (AvgIpc) is 2.32. The summed E-state index contributed by atoms with van der Waals surface area (Å²) in [5.74, 6) is 1.81. The van der Waals surface area contributed by atoms with Crippen molar-refractivity contribution in [3.8, 4) is 11.5 Å². The van der Waals surface area contributed by atoms with Gasteiger partial charge in [0.05, 0.1) is 0 Å². The lowest BCUT2D eigenvalue weighted by Gasteiger charge is -2.17. The van der Waals surface area contributed by atoms with E-state index < -0.39 is 0 Å². The molecule has 0 aliphatic carbocycles. The monoisotopic (exact) mass is 238 g/mol. The molecule has 0 N–H and O–H groups in total. The van der Waals surface area contributed by atoms with Crippen LogP contribution in [0.25, 0.3) is 0 Å². The lowest BCUT2D eigenvalue weighted by atomic mass is 9.98. The van der Waals surface area contributed by atoms with Gasteiger partial charge in [0.25, 0.3) is 0 Å². The summed E-state index contributed by atoms with van der Waals surface area (Å²) in [5.41, 5.74) is 3.10. The maximum Gasteiger partial charge on any atom is 0.141 e. The second-order valence-corrected chi connectivity index (χ2v) is 4.71. The molecule has 18 heavy (non-hydrogen) atoms. The third-order valence-electron chi connectivity index (χ3n) is 3.18. The fourth-order valence-corrected chi connectivity index (χ4v) is 2.30. The highest BCUT2D eigenvalue weighted by molar-refractivity contribution is 5.85. The second kappa shape index (κ2) is 4.30. The van der Waals surface area contributed by atoms with E-state index >= 15 is 0 Å². The third kappa shape index (κ3) is 2.02. The van der Waals surface area contributed by atoms with Gasteiger partial charge in [-0.15, -0.1) is 0 Å². The van der Waals surface area contributed by atoms with Gasteiger partial charge in [0, 0.05) is 24.0 Å². The molecule has 0 saturated carbocycles. The van der Waals surface area contributed by atoms with Crippen molar-refractivity contribution >= 4 is 5.78 Å². The minimum atomic E-state index is 0.234. The van der Waals surface area contributed by atoms with Crippen LogP contribution in [0.5, 0.6) is 11.5 Å². The highest BCUT2D eigenvalue weighted by Crippen LogP contribution is 2.32. The number of hydrogen-bond donors (Lipinski definition) is 0. The normalized spacial score (nSPS) is 13.9. The predicted molar refractivity (Wildman–Crippen MR) is 70.1 cm³/mol. The van der Waals surface area contributed by atoms with Gasteiger partial charge in [0.2, 0.25) is 0 Å². The molecule has 90 valence electrons. The summed E-state index contributed by atoms with van der Waals surface area (Å²) in [4.78, 5) is 12.0. The van der Waals surface area contributed by atoms with E-state index in [1.165, 1.54) is 0 Å². The Morgan fingerprint density at radius 3 is 2.56 bits per heavy atom. The van der Waals surface area contributed by atoms with Crippen LogP contribution in [0.3, 0.4) is 0 Å². The highest BCUT2D eigenvalue weighted by Gasteiger charge is 2.17. The first-order chi connectivity index (χ1) is 8.72. The molecule has 0 atom stereocenters. The number of benzene rings is 2. The Morgan fingerprint density at radius 1 is 0.944 bits per heavy atom. The standard InChI is InChI=1S/C16H14O2/c1-11-6-7-16-13(8-11)10-14(17)9-12-4-2-3-5-15(12)18-16/h2-8H,9-10H2,1H3. The van der Waals surface area contributed by atoms with Crippen LogP contribution in [0.4, 0.5) is 0 Å². The van der Waals surface area contributed by atoms with Crippen molar-refractivity contribution in [2.75, 3.05) is 0 Å². The fourth-order valence-electron chi connectivity index (χ4n) is 2.30. The molecule has 3 rings (SSSR count). The summed E-state index contributed by atoms with van der Waals surface area (Å²) in [7, 11) is 0. The van der Waals surface area contributed by atoms with E-state index in [-0.39, 0.29) is 5.78 Å². The van der Waals surface area contributed by atoms with Gasteiger partial charge in [-0.3, -0.25) is 4.79 Å². The molecule has 1 aliphatic heterocycles. The minimum Gasteiger partial charge on any atom is -0.457 e. The van der Waals surface area contributed by atoms with E-state index in [0.717, 1.165) is 28.2 Å². The smallest absolute Gasteiger partial charge is 0.141 e. The zero-order chi connectivity index (χ0) is 12.5. The third-order valence-corrected chi connectivity index (χ3v) is 3.18. The number of ketones is 1. The van der Waals surface area contributed by atoms with Crippen molar-refractivity contribution in [3.05, 3.63) is 59.2 Å². The Bertz CT molecular complexity index is 614. The Balaban J connectivity index is 2.12. The van der Waals surface area contributed by atoms with E-state index in [1.54, 1.807) is 0 Å². The van der Waals surface area contributed by atoms with Crippen molar-refractivity contribution in [2.24, 2.45) is 0 Å². The maximum atomic E-state index is 12.0. The van der Waals surface area contributed by atoms with Crippen molar-refractivity contribution in [1.29, 1.82) is 0 Å². The highest BCUT2D eigenvalue weighted by atomic mass is 16.5. The number of para-hydroxylation sites is 1. The van der Waals surface area contributed by atoms with Crippen LogP contribution in [0.2, 0.25) is 0 Å². The Morgan fingerprint density at radius 2 is 1.67 bits per heavy atom. The summed E-state index contributed by atoms with van der Waals surface area (Å²) < 4.78 is 5.93. The van der Waals surface area contributed by atoms with Crippen LogP contribution < -0.4 is 4.74 Å². The lowest BCUT2D eigenvalue weighted by molar-refractivity contribution is -0.117. The van der Waals surface area contributed by atoms with Crippen LogP contribution in [-0.2, 0) is 17.6 Å². The summed E-state index contributed by atoms with van der Waals surface area (Å²) in [6, 6.07) is 13.7. The quantitative estimate of drug-likeness (QED) is 0.702. The first-order valence-electron chi connectivity index (χ1n) is 6.09. The Hall–Kier alpha value is -2.09. The molecule has 0 bridgehead atoms. The van der Waals surface area contributed by atoms with E-state index in [9.17, 15) is 4.79 Å². The SMILES string of the molecule is Cc1ccc2c(c1)CC(=O)Cc1ccccc1O2. The van der Waals surface area contributed by atoms with Crippen molar-refractivity contribution < 1.29 is 9.53 Å². The largest absolute Gasteiger partial charge is 0.457 e. The summed E-state index contributed by atoms with van der Waals surface area (Å²) in [6.07, 6.45) is 0.898. The lowest BCUT2D eigenvalue weighted by Crippen LogP contribution is -2.11. The molecule has 1 aliphatic rings. The van der Waals surface area contributed by atoms with Gasteiger partial charge >= 0.3 is 0 Å². The fraction of sp³-hybridized carbons (Fsp3) is 0.188. The van der Waals surface area contributed by atoms with Crippen LogP contribution in [0, 0.1) is 6.92 Å². The molecule has 2 heteroatoms. The number of Topliss-reactive ketones (excluding diaryl/α,β-unsaturated/α-hetero) is 1. The second-order valence-electron chi connectivity index (χ2n) is 4.71. The zero-order valence-corrected chi connectivity index (χ0v) is 10.3. The molecule has 2 nitrogen and oxygen atoms in total. The van der Waals surface area contributed by atoms with Crippen molar-refractivity contribution in [2.45, 2.75) is 19.8 Å². The molecule has 2 aromatic rings. The Labute approximate surface area is 106 Å². The zero-order valence-electron chi connectivity index (χ0n) is 10.3. The summed E-state index contributed by atoms with van der Waals surface area (Å²) >= 11 is 0. The number of rotatable bonds is 0. The minimum absolute atomic E-state index is 0.234. The van der Waals surface area contributed by atoms with E-state index in [1.807, 2.05) is 49.4 Å². The van der Waals surface area contributed by atoms with Crippen LogP contribution in [0.1, 0.15) is 16.7 Å². The first-order valence-corrected chi connectivity index (χ1v) is 6.09. The molecule has 2 aromatic carbocycles. The number of fused-ring (bicyclic) bond motifs is 2. The van der Waals surface area contributed by atoms with Gasteiger partial charge < -0.3 is 4.74 Å². The van der Waals surface area contributed by atoms with Gasteiger partial charge in [-0.2, -0.15) is 0 Å². The number of carbonyl (C=O) groups is 1. The molecule has 0 spiro atoms. The number of aryl methyl sites for hydroxylation is 1. The molecule has 0 fully saturated rings. The number of hydrogen-bond acceptors (Lipinski definition) is 2. The molecule has 0 amide bonds. The van der Waals surface area contributed by atoms with Crippen LogP contribution >= 0.6 is 0 Å². The van der Waals surface area contributed by atoms with Crippen molar-refractivity contribution in [3.63, 3.8) is 0 Å². The molecular formula is C16H14O2. The topological polar surface area (TPSA) is 26.3 Å². The predicted octanol–water partition coefficient (Wildman–Crippen LogP) is 3.46. The average molecular weight is 238 g/mol. The molecule has 0 saturated heterocycles. The summed E-state index contributed by atoms with van der Waals surface area (Å²) in [5, 5.41) is 0. The van der Waals surface area contributed by atoms with Gasteiger partial charge in [0.1, 0.15) is 17.3 Å². The van der Waals surface area contributed by atoms with E-state index in [2.05, 4.69) is 0 Å². The van der Waals surface area contributed by atoms with Crippen LogP contribution in [-0.4, -0.2) is 5.78 Å². The van der Waals surface area contributed by atoms with Gasteiger partial charge in [-0.1, -0.05) is 35.9 Å². The number of ether oxygens (including phenoxy) is 1. The van der Waals surface area contributed by atoms with Gasteiger partial charge in [-0.25, -0.2) is 0 Å². The molecule has 0 aromatic heterocycles. The molecule has 0 unspecified atom stereocenters. The molecule has 0 radical (unpaired) electrons. The van der Waals surface area contributed by atoms with Crippen molar-refractivity contribution in [1.82, 2.24) is 0 Å². The molecule has 1 heterocycles. The van der Waals surface area contributed by atoms with E-state index in [0.29, 0.717) is 12.8 Å². The summed E-state index contributed by atoms with van der Waals surface area (Å²) in [6.45, 7) is 2.03. The molecular weight excluding hydrogens is 224 g/mol. The Kier molecular flexibility index (Phi) is 2.63.